The Bertz CT molecular complexity index is 216. The average molecular weight is 218 g/mol. The normalized spacial score (nSPS) is 26.9. The van der Waals surface area contributed by atoms with E-state index in [1.54, 1.807) is 0 Å². The van der Waals surface area contributed by atoms with Gasteiger partial charge in [0.1, 0.15) is 0 Å². The molecule has 0 unspecified atom stereocenters. The Morgan fingerprint density at radius 3 is 2.36 bits per heavy atom. The maximum atomic E-state index is 5.76. The van der Waals surface area contributed by atoms with Crippen LogP contribution < -0.4 is 0 Å². The topological polar surface area (TPSA) is 21.7 Å². The fourth-order valence-corrected chi connectivity index (χ4v) is 2.25. The molecule has 1 spiro atoms. The van der Waals surface area contributed by atoms with Crippen LogP contribution in [0.15, 0.2) is 11.6 Å². The van der Waals surface area contributed by atoms with Crippen LogP contribution in [0.4, 0.5) is 0 Å². The van der Waals surface area contributed by atoms with E-state index in [4.69, 9.17) is 21.1 Å². The molecule has 2 aliphatic rings. The van der Waals surface area contributed by atoms with Crippen molar-refractivity contribution in [2.45, 2.75) is 18.6 Å². The van der Waals surface area contributed by atoms with Crippen molar-refractivity contribution >= 4 is 11.6 Å². The summed E-state index contributed by atoms with van der Waals surface area (Å²) in [4.78, 5) is 2.28. The summed E-state index contributed by atoms with van der Waals surface area (Å²) >= 11 is 5.76. The van der Waals surface area contributed by atoms with Crippen molar-refractivity contribution in [3.8, 4) is 0 Å². The molecule has 14 heavy (non-hydrogen) atoms. The van der Waals surface area contributed by atoms with E-state index in [2.05, 4.69) is 11.5 Å². The van der Waals surface area contributed by atoms with E-state index in [-0.39, 0.29) is 5.79 Å². The number of nitrogens with zero attached hydrogens (tertiary/aromatic N) is 1. The van der Waals surface area contributed by atoms with Crippen molar-refractivity contribution < 1.29 is 9.47 Å². The van der Waals surface area contributed by atoms with Crippen LogP contribution >= 0.6 is 11.6 Å². The molecule has 0 saturated carbocycles. The summed E-state index contributed by atoms with van der Waals surface area (Å²) in [5.74, 6) is -0.274. The number of piperidine rings is 1. The molecule has 0 bridgehead atoms. The monoisotopic (exact) mass is 217 g/mol. The Balaban J connectivity index is 1.82. The van der Waals surface area contributed by atoms with Crippen molar-refractivity contribution in [2.24, 2.45) is 0 Å². The molecule has 4 heteroatoms. The Morgan fingerprint density at radius 1 is 1.29 bits per heavy atom. The molecule has 2 heterocycles. The molecule has 80 valence electrons. The third-order valence-electron chi connectivity index (χ3n) is 2.83. The molecule has 0 atom stereocenters. The predicted molar refractivity (Wildman–Crippen MR) is 55.3 cm³/mol. The summed E-state index contributed by atoms with van der Waals surface area (Å²) < 4.78 is 11.3. The van der Waals surface area contributed by atoms with Crippen molar-refractivity contribution in [1.82, 2.24) is 4.90 Å². The average Bonchev–Trinajstić information content (AvgIpc) is 2.58. The highest BCUT2D eigenvalue weighted by atomic mass is 35.5. The smallest absolute Gasteiger partial charge is 0.170 e. The Labute approximate surface area is 89.6 Å². The highest BCUT2D eigenvalue weighted by Crippen LogP contribution is 2.31. The minimum Gasteiger partial charge on any atom is -0.347 e. The molecule has 2 saturated heterocycles. The second kappa shape index (κ2) is 4.19. The highest BCUT2D eigenvalue weighted by Gasteiger charge is 2.39. The minimum atomic E-state index is -0.274. The lowest BCUT2D eigenvalue weighted by Gasteiger charge is -2.37. The van der Waals surface area contributed by atoms with Crippen LogP contribution in [-0.4, -0.2) is 43.5 Å². The quantitative estimate of drug-likeness (QED) is 0.701. The molecule has 3 nitrogen and oxygen atoms in total. The Morgan fingerprint density at radius 2 is 1.86 bits per heavy atom. The fourth-order valence-electron chi connectivity index (χ4n) is 2.08. The molecule has 0 radical (unpaired) electrons. The van der Waals surface area contributed by atoms with Gasteiger partial charge in [0, 0.05) is 37.5 Å². The van der Waals surface area contributed by atoms with Crippen LogP contribution in [0.2, 0.25) is 0 Å². The number of halogens is 1. The van der Waals surface area contributed by atoms with Gasteiger partial charge in [0.05, 0.1) is 13.2 Å². The Hall–Kier alpha value is -0.0900. The van der Waals surface area contributed by atoms with Gasteiger partial charge in [-0.15, -0.1) is 0 Å². The maximum Gasteiger partial charge on any atom is 0.170 e. The largest absolute Gasteiger partial charge is 0.347 e. The molecule has 0 aliphatic carbocycles. The molecule has 0 aromatic heterocycles. The second-order valence-corrected chi connectivity index (χ2v) is 4.44. The van der Waals surface area contributed by atoms with E-state index in [9.17, 15) is 0 Å². The zero-order valence-corrected chi connectivity index (χ0v) is 9.05. The third kappa shape index (κ3) is 2.28. The van der Waals surface area contributed by atoms with Crippen LogP contribution in [0.3, 0.4) is 0 Å². The zero-order chi connectivity index (χ0) is 10.0. The maximum absolute atomic E-state index is 5.76. The van der Waals surface area contributed by atoms with E-state index >= 15 is 0 Å². The third-order valence-corrected chi connectivity index (χ3v) is 2.95. The van der Waals surface area contributed by atoms with E-state index in [1.807, 2.05) is 0 Å². The summed E-state index contributed by atoms with van der Waals surface area (Å²) in [6.07, 6.45) is 1.88. The molecule has 0 aromatic rings. The lowest BCUT2D eigenvalue weighted by Crippen LogP contribution is -2.45. The number of likely N-dealkylation sites (tertiary alicyclic amines) is 1. The van der Waals surface area contributed by atoms with Crippen molar-refractivity contribution in [2.75, 3.05) is 32.8 Å². The SMILES string of the molecule is C=C(Cl)CN1CCC2(CC1)OCCO2. The first-order chi connectivity index (χ1) is 6.70. The molecule has 0 aromatic carbocycles. The van der Waals surface area contributed by atoms with Gasteiger partial charge < -0.3 is 9.47 Å². The van der Waals surface area contributed by atoms with Gasteiger partial charge in [0.2, 0.25) is 0 Å². The summed E-state index contributed by atoms with van der Waals surface area (Å²) in [6, 6.07) is 0. The van der Waals surface area contributed by atoms with Crippen molar-refractivity contribution in [1.29, 1.82) is 0 Å². The molecule has 0 amide bonds. The summed E-state index contributed by atoms with van der Waals surface area (Å²) in [7, 11) is 0. The zero-order valence-electron chi connectivity index (χ0n) is 8.30. The number of rotatable bonds is 2. The number of hydrogen-bond acceptors (Lipinski definition) is 3. The molecular weight excluding hydrogens is 202 g/mol. The summed E-state index contributed by atoms with van der Waals surface area (Å²) in [5.41, 5.74) is 0. The second-order valence-electron chi connectivity index (χ2n) is 3.90. The van der Waals surface area contributed by atoms with Gasteiger partial charge in [0.25, 0.3) is 0 Å². The van der Waals surface area contributed by atoms with Gasteiger partial charge in [-0.25, -0.2) is 0 Å². The van der Waals surface area contributed by atoms with Crippen molar-refractivity contribution in [3.63, 3.8) is 0 Å². The number of ether oxygens (including phenoxy) is 2. The van der Waals surface area contributed by atoms with Crippen LogP contribution in [0, 0.1) is 0 Å². The van der Waals surface area contributed by atoms with E-state index in [0.29, 0.717) is 5.03 Å². The molecular formula is C10H16ClNO2. The standard InChI is InChI=1S/C10H16ClNO2/c1-9(11)8-12-4-2-10(3-5-12)13-6-7-14-10/h1-8H2. The van der Waals surface area contributed by atoms with Crippen molar-refractivity contribution in [3.05, 3.63) is 11.6 Å². The van der Waals surface area contributed by atoms with E-state index < -0.39 is 0 Å². The van der Waals surface area contributed by atoms with E-state index in [0.717, 1.165) is 45.7 Å². The number of hydrogen-bond donors (Lipinski definition) is 0. The van der Waals surface area contributed by atoms with Gasteiger partial charge in [-0.2, -0.15) is 0 Å². The van der Waals surface area contributed by atoms with Crippen LogP contribution in [0.5, 0.6) is 0 Å². The van der Waals surface area contributed by atoms with Gasteiger partial charge >= 0.3 is 0 Å². The molecule has 2 rings (SSSR count). The summed E-state index contributed by atoms with van der Waals surface area (Å²) in [5, 5.41) is 0.703. The van der Waals surface area contributed by atoms with Crippen LogP contribution in [-0.2, 0) is 9.47 Å². The predicted octanol–water partition coefficient (Wildman–Crippen LogP) is 1.58. The molecule has 2 aliphatic heterocycles. The first-order valence-electron chi connectivity index (χ1n) is 5.04. The lowest BCUT2D eigenvalue weighted by molar-refractivity contribution is -0.184. The summed E-state index contributed by atoms with van der Waals surface area (Å²) in [6.45, 7) is 7.91. The van der Waals surface area contributed by atoms with E-state index in [1.165, 1.54) is 0 Å². The minimum absolute atomic E-state index is 0.274. The molecule has 2 fully saturated rings. The highest BCUT2D eigenvalue weighted by molar-refractivity contribution is 6.29. The van der Waals surface area contributed by atoms with Gasteiger partial charge in [0.15, 0.2) is 5.79 Å². The first-order valence-corrected chi connectivity index (χ1v) is 5.42. The lowest BCUT2D eigenvalue weighted by atomic mass is 10.0. The van der Waals surface area contributed by atoms with Gasteiger partial charge in [-0.3, -0.25) is 4.90 Å². The van der Waals surface area contributed by atoms with Gasteiger partial charge in [-0.1, -0.05) is 18.2 Å². The van der Waals surface area contributed by atoms with Crippen LogP contribution in [0.25, 0.3) is 0 Å². The first kappa shape index (κ1) is 10.4. The van der Waals surface area contributed by atoms with Crippen LogP contribution in [0.1, 0.15) is 12.8 Å². The van der Waals surface area contributed by atoms with Gasteiger partial charge in [-0.05, 0) is 0 Å². The Kier molecular flexibility index (Phi) is 3.12. The molecule has 0 N–H and O–H groups in total. The fraction of sp³-hybridized carbons (Fsp3) is 0.800.